The van der Waals surface area contributed by atoms with Gasteiger partial charge in [-0.1, -0.05) is 26.0 Å². The maximum Gasteiger partial charge on any atom is 0.269 e. The summed E-state index contributed by atoms with van der Waals surface area (Å²) in [7, 11) is 0. The number of rotatable bonds is 3. The van der Waals surface area contributed by atoms with Crippen molar-refractivity contribution in [3.05, 3.63) is 46.0 Å². The Bertz CT molecular complexity index is 610. The molecule has 0 spiro atoms. The number of hydrogen-bond donors (Lipinski definition) is 2. The molecule has 1 aliphatic heterocycles. The first-order chi connectivity index (χ1) is 9.94. The monoisotopic (exact) mass is 288 g/mol. The highest BCUT2D eigenvalue weighted by atomic mass is 16.6. The van der Waals surface area contributed by atoms with E-state index in [4.69, 9.17) is 0 Å². The van der Waals surface area contributed by atoms with Gasteiger partial charge in [0.1, 0.15) is 0 Å². The minimum Gasteiger partial charge on any atom is -0.396 e. The van der Waals surface area contributed by atoms with Crippen LogP contribution in [0.15, 0.2) is 30.4 Å². The number of hydrogen-bond acceptors (Lipinski definition) is 4. The number of benzene rings is 1. The maximum absolute atomic E-state index is 11.0. The fourth-order valence-corrected chi connectivity index (χ4v) is 3.57. The topological polar surface area (TPSA) is 75.4 Å². The largest absolute Gasteiger partial charge is 0.396 e. The number of nitro benzene ring substituents is 1. The highest BCUT2D eigenvalue weighted by molar-refractivity contribution is 5.62. The van der Waals surface area contributed by atoms with Gasteiger partial charge in [-0.05, 0) is 24.0 Å². The Kier molecular flexibility index (Phi) is 3.24. The number of fused-ring (bicyclic) bond motifs is 3. The molecule has 1 aliphatic carbocycles. The fourth-order valence-electron chi connectivity index (χ4n) is 3.57. The Hall–Kier alpha value is -1.88. The Balaban J connectivity index is 2.05. The average Bonchev–Trinajstić information content (AvgIpc) is 2.95. The summed E-state index contributed by atoms with van der Waals surface area (Å²) in [6, 6.07) is 5.15. The number of nitrogens with one attached hydrogen (secondary N) is 1. The van der Waals surface area contributed by atoms with Crippen molar-refractivity contribution in [1.82, 2.24) is 0 Å². The van der Waals surface area contributed by atoms with Crippen molar-refractivity contribution < 1.29 is 10.0 Å². The quantitative estimate of drug-likeness (QED) is 0.509. The first-order valence-electron chi connectivity index (χ1n) is 7.26. The van der Waals surface area contributed by atoms with E-state index in [2.05, 4.69) is 31.3 Å². The number of nitrogens with zero attached hydrogens (tertiary/aromatic N) is 1. The van der Waals surface area contributed by atoms with Gasteiger partial charge in [-0.15, -0.1) is 0 Å². The van der Waals surface area contributed by atoms with E-state index in [1.165, 1.54) is 6.07 Å². The first kappa shape index (κ1) is 14.1. The summed E-state index contributed by atoms with van der Waals surface area (Å²) in [4.78, 5) is 10.6. The summed E-state index contributed by atoms with van der Waals surface area (Å²) in [5.41, 5.74) is 1.83. The minimum atomic E-state index is -0.350. The van der Waals surface area contributed by atoms with E-state index in [9.17, 15) is 15.2 Å². The van der Waals surface area contributed by atoms with E-state index in [0.717, 1.165) is 17.7 Å². The third-order valence-corrected chi connectivity index (χ3v) is 4.81. The van der Waals surface area contributed by atoms with Crippen LogP contribution in [-0.2, 0) is 0 Å². The molecule has 5 nitrogen and oxygen atoms in total. The summed E-state index contributed by atoms with van der Waals surface area (Å²) in [6.45, 7) is 4.21. The van der Waals surface area contributed by atoms with Crippen molar-refractivity contribution in [3.8, 4) is 0 Å². The molecule has 5 heteroatoms. The van der Waals surface area contributed by atoms with Crippen LogP contribution >= 0.6 is 0 Å². The van der Waals surface area contributed by atoms with Crippen LogP contribution in [0.3, 0.4) is 0 Å². The number of allylic oxidation sites excluding steroid dienone is 2. The molecule has 1 heterocycles. The lowest BCUT2D eigenvalue weighted by atomic mass is 9.69. The lowest BCUT2D eigenvalue weighted by Gasteiger charge is -2.44. The van der Waals surface area contributed by atoms with Gasteiger partial charge in [0.15, 0.2) is 0 Å². The molecule has 2 N–H and O–H groups in total. The van der Waals surface area contributed by atoms with Crippen molar-refractivity contribution >= 4 is 11.4 Å². The van der Waals surface area contributed by atoms with Crippen LogP contribution in [0.5, 0.6) is 0 Å². The molecule has 0 amide bonds. The van der Waals surface area contributed by atoms with Gasteiger partial charge in [0.05, 0.1) is 11.5 Å². The molecule has 0 saturated carbocycles. The lowest BCUT2D eigenvalue weighted by molar-refractivity contribution is -0.384. The highest BCUT2D eigenvalue weighted by Gasteiger charge is 2.44. The van der Waals surface area contributed by atoms with Crippen molar-refractivity contribution in [1.29, 1.82) is 0 Å². The molecule has 2 aliphatic rings. The molecule has 0 fully saturated rings. The van der Waals surface area contributed by atoms with Crippen LogP contribution < -0.4 is 5.32 Å². The molecule has 0 unspecified atom stereocenters. The molecule has 0 saturated heterocycles. The number of non-ortho nitro benzene ring substituents is 1. The van der Waals surface area contributed by atoms with E-state index in [-0.39, 0.29) is 34.6 Å². The van der Waals surface area contributed by atoms with Gasteiger partial charge < -0.3 is 10.4 Å². The molecular weight excluding hydrogens is 268 g/mol. The SMILES string of the molecule is CC(C)(CO)[C@@H]1Nc2ccc([N+](=O)[O-])cc2[C@H]2C=CC[C@H]21. The summed E-state index contributed by atoms with van der Waals surface area (Å²) in [6.07, 6.45) is 5.23. The molecule has 1 aromatic rings. The van der Waals surface area contributed by atoms with Crippen LogP contribution in [0.4, 0.5) is 11.4 Å². The Morgan fingerprint density at radius 3 is 2.90 bits per heavy atom. The van der Waals surface area contributed by atoms with Crippen LogP contribution in [0.2, 0.25) is 0 Å². The zero-order valence-corrected chi connectivity index (χ0v) is 12.2. The number of aliphatic hydroxyl groups excluding tert-OH is 1. The minimum absolute atomic E-state index is 0.107. The summed E-state index contributed by atoms with van der Waals surface area (Å²) in [5.74, 6) is 0.527. The Morgan fingerprint density at radius 1 is 1.48 bits per heavy atom. The van der Waals surface area contributed by atoms with Gasteiger partial charge in [0.25, 0.3) is 5.69 Å². The second kappa shape index (κ2) is 4.84. The molecule has 0 radical (unpaired) electrons. The predicted octanol–water partition coefficient (Wildman–Crippen LogP) is 3.07. The second-order valence-electron chi connectivity index (χ2n) is 6.65. The van der Waals surface area contributed by atoms with Gasteiger partial charge in [-0.2, -0.15) is 0 Å². The smallest absolute Gasteiger partial charge is 0.269 e. The predicted molar refractivity (Wildman–Crippen MR) is 81.4 cm³/mol. The third kappa shape index (κ3) is 2.21. The highest BCUT2D eigenvalue weighted by Crippen LogP contribution is 2.49. The summed E-state index contributed by atoms with van der Waals surface area (Å²) >= 11 is 0. The summed E-state index contributed by atoms with van der Waals surface area (Å²) in [5, 5.41) is 24.2. The number of aliphatic hydroxyl groups is 1. The molecule has 21 heavy (non-hydrogen) atoms. The lowest BCUT2D eigenvalue weighted by Crippen LogP contribution is -2.47. The zero-order valence-electron chi connectivity index (χ0n) is 12.2. The van der Waals surface area contributed by atoms with Gasteiger partial charge in [0.2, 0.25) is 0 Å². The third-order valence-electron chi connectivity index (χ3n) is 4.81. The Morgan fingerprint density at radius 2 is 2.24 bits per heavy atom. The van der Waals surface area contributed by atoms with E-state index in [1.807, 2.05) is 0 Å². The van der Waals surface area contributed by atoms with E-state index in [0.29, 0.717) is 5.92 Å². The molecule has 112 valence electrons. The number of anilines is 1. The molecular formula is C16H20N2O3. The average molecular weight is 288 g/mol. The van der Waals surface area contributed by atoms with Crippen LogP contribution in [0.1, 0.15) is 31.7 Å². The van der Waals surface area contributed by atoms with E-state index >= 15 is 0 Å². The maximum atomic E-state index is 11.0. The zero-order chi connectivity index (χ0) is 15.2. The number of nitro groups is 1. The van der Waals surface area contributed by atoms with Crippen molar-refractivity contribution in [2.45, 2.75) is 32.2 Å². The summed E-state index contributed by atoms with van der Waals surface area (Å²) < 4.78 is 0. The van der Waals surface area contributed by atoms with Gasteiger partial charge in [-0.3, -0.25) is 10.1 Å². The molecule has 3 atom stereocenters. The van der Waals surface area contributed by atoms with Gasteiger partial charge in [0, 0.05) is 35.2 Å². The fraction of sp³-hybridized carbons (Fsp3) is 0.500. The first-order valence-corrected chi connectivity index (χ1v) is 7.26. The standard InChI is InChI=1S/C16H20N2O3/c1-16(2,9-19)15-12-5-3-4-11(12)13-8-10(18(20)21)6-7-14(13)17-15/h3-4,6-8,11-12,15,17,19H,5,9H2,1-2H3/t11-,12+,15+/m0/s1. The molecule has 3 rings (SSSR count). The molecule has 1 aromatic carbocycles. The Labute approximate surface area is 123 Å². The van der Waals surface area contributed by atoms with Crippen LogP contribution in [0.25, 0.3) is 0 Å². The van der Waals surface area contributed by atoms with Gasteiger partial charge >= 0.3 is 0 Å². The van der Waals surface area contributed by atoms with Crippen molar-refractivity contribution in [3.63, 3.8) is 0 Å². The molecule has 0 aromatic heterocycles. The van der Waals surface area contributed by atoms with E-state index < -0.39 is 0 Å². The van der Waals surface area contributed by atoms with Crippen molar-refractivity contribution in [2.75, 3.05) is 11.9 Å². The van der Waals surface area contributed by atoms with Gasteiger partial charge in [-0.25, -0.2) is 0 Å². The van der Waals surface area contributed by atoms with Crippen LogP contribution in [0, 0.1) is 21.4 Å². The van der Waals surface area contributed by atoms with Crippen LogP contribution in [-0.4, -0.2) is 22.7 Å². The van der Waals surface area contributed by atoms with Crippen molar-refractivity contribution in [2.24, 2.45) is 11.3 Å². The molecule has 0 bridgehead atoms. The normalized spacial score (nSPS) is 26.9. The second-order valence-corrected chi connectivity index (χ2v) is 6.65. The van der Waals surface area contributed by atoms with E-state index in [1.54, 1.807) is 12.1 Å².